The van der Waals surface area contributed by atoms with Gasteiger partial charge >= 0.3 is 0 Å². The lowest BCUT2D eigenvalue weighted by Gasteiger charge is -2.29. The smallest absolute Gasteiger partial charge is 0.272 e. The van der Waals surface area contributed by atoms with Crippen LogP contribution >= 0.6 is 0 Å². The van der Waals surface area contributed by atoms with E-state index in [1.54, 1.807) is 13.1 Å². The second-order valence-corrected chi connectivity index (χ2v) is 10.8. The van der Waals surface area contributed by atoms with Crippen molar-refractivity contribution in [1.82, 2.24) is 19.9 Å². The van der Waals surface area contributed by atoms with Crippen molar-refractivity contribution in [2.45, 2.75) is 43.0 Å². The molecule has 1 aliphatic carbocycles. The molecule has 4 aromatic rings. The molecule has 4 heterocycles. The third-order valence-corrected chi connectivity index (χ3v) is 8.23. The molecule has 0 amide bonds. The molecule has 188 valence electrons. The van der Waals surface area contributed by atoms with Gasteiger partial charge in [-0.05, 0) is 43.9 Å². The third-order valence-electron chi connectivity index (χ3n) is 6.85. The van der Waals surface area contributed by atoms with Gasteiger partial charge in [-0.2, -0.15) is 5.10 Å². The van der Waals surface area contributed by atoms with Crippen LogP contribution in [-0.4, -0.2) is 49.2 Å². The Morgan fingerprint density at radius 2 is 2.03 bits per heavy atom. The number of nitrogens with one attached hydrogen (secondary N) is 1. The molecule has 2 aliphatic rings. The number of methoxy groups -OCH3 is 2. The van der Waals surface area contributed by atoms with Gasteiger partial charge in [-0.3, -0.25) is 9.40 Å². The lowest BCUT2D eigenvalue weighted by atomic mass is 9.85. The molecule has 1 aliphatic heterocycles. The number of hydrogen-bond acceptors (Lipinski definition) is 9. The Bertz CT molecular complexity index is 1550. The SMILES string of the molecule is COc1cc(C)nc(OC)c1S(=O)(=O)Nc1noc2cc(Cn3cccn3)c3c(c12)OCCC31CC1. The molecule has 6 rings (SSSR count). The first-order valence-electron chi connectivity index (χ1n) is 11.5. The molecule has 12 heteroatoms. The summed E-state index contributed by atoms with van der Waals surface area (Å²) in [5.74, 6) is 0.674. The molecule has 0 unspecified atom stereocenters. The van der Waals surface area contributed by atoms with Gasteiger partial charge in [-0.15, -0.1) is 0 Å². The van der Waals surface area contributed by atoms with Gasteiger partial charge in [0.2, 0.25) is 5.88 Å². The molecule has 3 aromatic heterocycles. The highest BCUT2D eigenvalue weighted by Crippen LogP contribution is 2.59. The molecule has 0 bridgehead atoms. The van der Waals surface area contributed by atoms with E-state index >= 15 is 0 Å². The first-order valence-corrected chi connectivity index (χ1v) is 13.0. The van der Waals surface area contributed by atoms with Crippen LogP contribution in [-0.2, 0) is 22.0 Å². The monoisotopic (exact) mass is 511 g/mol. The van der Waals surface area contributed by atoms with E-state index in [-0.39, 0.29) is 27.8 Å². The maximum absolute atomic E-state index is 13.6. The molecule has 1 spiro atoms. The van der Waals surface area contributed by atoms with E-state index in [0.29, 0.717) is 35.6 Å². The van der Waals surface area contributed by atoms with Crippen LogP contribution in [0.5, 0.6) is 17.4 Å². The van der Waals surface area contributed by atoms with E-state index in [9.17, 15) is 8.42 Å². The molecule has 36 heavy (non-hydrogen) atoms. The van der Waals surface area contributed by atoms with Crippen molar-refractivity contribution >= 4 is 26.8 Å². The number of anilines is 1. The van der Waals surface area contributed by atoms with Crippen LogP contribution in [0.25, 0.3) is 11.0 Å². The molecule has 1 fully saturated rings. The van der Waals surface area contributed by atoms with Gasteiger partial charge in [0.25, 0.3) is 10.0 Å². The minimum atomic E-state index is -4.22. The van der Waals surface area contributed by atoms with E-state index in [1.807, 2.05) is 23.0 Å². The zero-order valence-electron chi connectivity index (χ0n) is 20.1. The van der Waals surface area contributed by atoms with E-state index in [1.165, 1.54) is 20.3 Å². The summed E-state index contributed by atoms with van der Waals surface area (Å²) in [7, 11) is -1.48. The summed E-state index contributed by atoms with van der Waals surface area (Å²) < 4.78 is 53.9. The second kappa shape index (κ2) is 8.12. The Morgan fingerprint density at radius 3 is 2.72 bits per heavy atom. The first-order chi connectivity index (χ1) is 17.3. The number of hydrogen-bond donors (Lipinski definition) is 1. The number of pyridine rings is 1. The predicted octanol–water partition coefficient (Wildman–Crippen LogP) is 3.41. The Morgan fingerprint density at radius 1 is 1.19 bits per heavy atom. The van der Waals surface area contributed by atoms with Crippen molar-refractivity contribution in [3.05, 3.63) is 47.4 Å². The summed E-state index contributed by atoms with van der Waals surface area (Å²) in [6.07, 6.45) is 6.65. The number of fused-ring (bicyclic) bond motifs is 4. The zero-order chi connectivity index (χ0) is 25.1. The van der Waals surface area contributed by atoms with Crippen LogP contribution in [0.1, 0.15) is 36.1 Å². The minimum Gasteiger partial charge on any atom is -0.495 e. The fraction of sp³-hybridized carbons (Fsp3) is 0.375. The van der Waals surface area contributed by atoms with Crippen molar-refractivity contribution in [3.63, 3.8) is 0 Å². The molecule has 1 aromatic carbocycles. The highest BCUT2D eigenvalue weighted by Gasteiger charge is 2.50. The maximum Gasteiger partial charge on any atom is 0.272 e. The quantitative estimate of drug-likeness (QED) is 0.397. The van der Waals surface area contributed by atoms with Crippen molar-refractivity contribution in [1.29, 1.82) is 0 Å². The molecular formula is C24H25N5O6S. The number of ether oxygens (including phenoxy) is 3. The van der Waals surface area contributed by atoms with Crippen LogP contribution < -0.4 is 18.9 Å². The second-order valence-electron chi connectivity index (χ2n) is 9.14. The van der Waals surface area contributed by atoms with Crippen molar-refractivity contribution in [2.24, 2.45) is 0 Å². The van der Waals surface area contributed by atoms with Gasteiger partial charge in [0.15, 0.2) is 16.3 Å². The number of sulfonamides is 1. The standard InChI is InChI=1S/C24H25N5O6S/c1-14-11-17(32-2)21(23(26-14)33-3)36(30,31)28-22-18-16(35-27-22)12-15(13-29-9-4-8-25-29)19-20(18)34-10-7-24(19)5-6-24/h4,8-9,11-12H,5-7,10,13H2,1-3H3,(H,27,28). The summed E-state index contributed by atoms with van der Waals surface area (Å²) in [6, 6.07) is 5.31. The van der Waals surface area contributed by atoms with Crippen LogP contribution in [0.15, 0.2) is 40.0 Å². The summed E-state index contributed by atoms with van der Waals surface area (Å²) in [6.45, 7) is 2.80. The maximum atomic E-state index is 13.6. The van der Waals surface area contributed by atoms with Crippen molar-refractivity contribution in [2.75, 3.05) is 25.5 Å². The van der Waals surface area contributed by atoms with Gasteiger partial charge in [-0.25, -0.2) is 13.4 Å². The molecule has 0 saturated heterocycles. The summed E-state index contributed by atoms with van der Waals surface area (Å²) >= 11 is 0. The van der Waals surface area contributed by atoms with Crippen molar-refractivity contribution in [3.8, 4) is 17.4 Å². The topological polar surface area (TPSA) is 131 Å². The van der Waals surface area contributed by atoms with E-state index < -0.39 is 10.0 Å². The Labute approximate surface area is 207 Å². The fourth-order valence-corrected chi connectivity index (χ4v) is 6.32. The van der Waals surface area contributed by atoms with Crippen LogP contribution in [0.4, 0.5) is 5.82 Å². The van der Waals surface area contributed by atoms with Gasteiger partial charge < -0.3 is 18.7 Å². The highest BCUT2D eigenvalue weighted by molar-refractivity contribution is 7.93. The normalized spacial score (nSPS) is 16.0. The van der Waals surface area contributed by atoms with E-state index in [2.05, 4.69) is 20.0 Å². The number of aryl methyl sites for hydroxylation is 1. The summed E-state index contributed by atoms with van der Waals surface area (Å²) in [5, 5.41) is 8.91. The number of rotatable bonds is 7. The molecular weight excluding hydrogens is 486 g/mol. The van der Waals surface area contributed by atoms with Gasteiger partial charge in [0.05, 0.1) is 27.4 Å². The lowest BCUT2D eigenvalue weighted by molar-refractivity contribution is 0.262. The highest BCUT2D eigenvalue weighted by atomic mass is 32.2. The minimum absolute atomic E-state index is 0.0188. The Hall–Kier alpha value is -3.80. The Kier molecular flexibility index (Phi) is 5.11. The van der Waals surface area contributed by atoms with Gasteiger partial charge in [-0.1, -0.05) is 5.16 Å². The molecule has 1 saturated carbocycles. The molecule has 0 atom stereocenters. The molecule has 0 radical (unpaired) electrons. The Balaban J connectivity index is 1.49. The number of aromatic nitrogens is 4. The van der Waals surface area contributed by atoms with Gasteiger partial charge in [0, 0.05) is 35.1 Å². The van der Waals surface area contributed by atoms with Crippen LogP contribution in [0.3, 0.4) is 0 Å². The average Bonchev–Trinajstić information content (AvgIpc) is 3.23. The predicted molar refractivity (Wildman–Crippen MR) is 129 cm³/mol. The lowest BCUT2D eigenvalue weighted by Crippen LogP contribution is -2.23. The number of nitrogens with zero attached hydrogens (tertiary/aromatic N) is 4. The first kappa shape index (κ1) is 22.7. The average molecular weight is 512 g/mol. The van der Waals surface area contributed by atoms with Gasteiger partial charge in [0.1, 0.15) is 16.9 Å². The zero-order valence-corrected chi connectivity index (χ0v) is 20.9. The molecule has 1 N–H and O–H groups in total. The fourth-order valence-electron chi connectivity index (χ4n) is 5.05. The van der Waals surface area contributed by atoms with E-state index in [4.69, 9.17) is 18.7 Å². The largest absolute Gasteiger partial charge is 0.495 e. The summed E-state index contributed by atoms with van der Waals surface area (Å²) in [4.78, 5) is 3.98. The molecule has 11 nitrogen and oxygen atoms in total. The third kappa shape index (κ3) is 3.55. The van der Waals surface area contributed by atoms with E-state index in [0.717, 1.165) is 30.4 Å². The van der Waals surface area contributed by atoms with Crippen molar-refractivity contribution < 1.29 is 27.2 Å². The van der Waals surface area contributed by atoms with Crippen LogP contribution in [0, 0.1) is 6.92 Å². The number of benzene rings is 1. The van der Waals surface area contributed by atoms with Crippen LogP contribution in [0.2, 0.25) is 0 Å². The summed E-state index contributed by atoms with van der Waals surface area (Å²) in [5.41, 5.74) is 3.09.